The molecule has 0 aliphatic carbocycles. The van der Waals surface area contributed by atoms with Gasteiger partial charge in [0, 0.05) is 4.47 Å². The first-order valence-corrected chi connectivity index (χ1v) is 7.02. The molecule has 0 unspecified atom stereocenters. The van der Waals surface area contributed by atoms with E-state index in [1.165, 1.54) is 12.1 Å². The Labute approximate surface area is 121 Å². The minimum Gasteiger partial charge on any atom is -0.489 e. The number of halogens is 2. The number of ether oxygens (including phenoxy) is 1. The molecule has 0 saturated carbocycles. The smallest absolute Gasteiger partial charge is 0.123 e. The van der Waals surface area contributed by atoms with Crippen LogP contribution in [-0.2, 0) is 6.61 Å². The molecule has 1 nitrogen and oxygen atoms in total. The number of benzene rings is 2. The quantitative estimate of drug-likeness (QED) is 0.743. The molecule has 0 amide bonds. The van der Waals surface area contributed by atoms with Gasteiger partial charge in [0.15, 0.2) is 0 Å². The number of hydrogen-bond donors (Lipinski definition) is 0. The highest BCUT2D eigenvalue weighted by atomic mass is 79.9. The van der Waals surface area contributed by atoms with Crippen molar-refractivity contribution in [2.45, 2.75) is 26.4 Å². The first-order valence-electron chi connectivity index (χ1n) is 6.23. The summed E-state index contributed by atoms with van der Waals surface area (Å²) in [6.45, 7) is 4.71. The van der Waals surface area contributed by atoms with Crippen molar-refractivity contribution in [2.75, 3.05) is 0 Å². The van der Waals surface area contributed by atoms with Gasteiger partial charge in [0.25, 0.3) is 0 Å². The van der Waals surface area contributed by atoms with Gasteiger partial charge in [0.05, 0.1) is 0 Å². The minimum atomic E-state index is -0.227. The number of hydrogen-bond acceptors (Lipinski definition) is 1. The highest BCUT2D eigenvalue weighted by Gasteiger charge is 2.08. The van der Waals surface area contributed by atoms with E-state index in [1.807, 2.05) is 12.1 Å². The van der Waals surface area contributed by atoms with Crippen LogP contribution in [0.3, 0.4) is 0 Å². The maximum Gasteiger partial charge on any atom is 0.123 e. The van der Waals surface area contributed by atoms with Crippen molar-refractivity contribution in [1.29, 1.82) is 0 Å². The van der Waals surface area contributed by atoms with Crippen molar-refractivity contribution in [2.24, 2.45) is 0 Å². The molecule has 2 rings (SSSR count). The van der Waals surface area contributed by atoms with E-state index in [2.05, 4.69) is 35.8 Å². The van der Waals surface area contributed by atoms with E-state index < -0.39 is 0 Å². The molecule has 0 spiro atoms. The van der Waals surface area contributed by atoms with Crippen LogP contribution in [-0.4, -0.2) is 0 Å². The third kappa shape index (κ3) is 3.80. The lowest BCUT2D eigenvalue weighted by Gasteiger charge is -2.14. The van der Waals surface area contributed by atoms with Crippen LogP contribution in [0.5, 0.6) is 5.75 Å². The van der Waals surface area contributed by atoms with Crippen LogP contribution in [0.2, 0.25) is 0 Å². The van der Waals surface area contributed by atoms with Crippen LogP contribution in [0.15, 0.2) is 46.9 Å². The van der Waals surface area contributed by atoms with Crippen molar-refractivity contribution in [3.63, 3.8) is 0 Å². The van der Waals surface area contributed by atoms with Crippen LogP contribution in [0.1, 0.15) is 30.9 Å². The highest BCUT2D eigenvalue weighted by molar-refractivity contribution is 9.10. The Morgan fingerprint density at radius 2 is 1.79 bits per heavy atom. The summed E-state index contributed by atoms with van der Waals surface area (Å²) in [6, 6.07) is 12.4. The van der Waals surface area contributed by atoms with Gasteiger partial charge in [0.2, 0.25) is 0 Å². The molecule has 2 aromatic rings. The molecule has 19 heavy (non-hydrogen) atoms. The fraction of sp³-hybridized carbons (Fsp3) is 0.250. The maximum atomic E-state index is 12.8. The van der Waals surface area contributed by atoms with Gasteiger partial charge in [-0.2, -0.15) is 0 Å². The zero-order valence-electron chi connectivity index (χ0n) is 11.0. The van der Waals surface area contributed by atoms with Gasteiger partial charge in [-0.15, -0.1) is 0 Å². The first-order chi connectivity index (χ1) is 9.06. The molecule has 0 radical (unpaired) electrons. The Balaban J connectivity index is 2.13. The molecule has 0 aromatic heterocycles. The van der Waals surface area contributed by atoms with Crippen LogP contribution >= 0.6 is 15.9 Å². The van der Waals surface area contributed by atoms with Crippen molar-refractivity contribution >= 4 is 15.9 Å². The molecule has 3 heteroatoms. The zero-order valence-corrected chi connectivity index (χ0v) is 12.6. The molecular weight excluding hydrogens is 307 g/mol. The van der Waals surface area contributed by atoms with E-state index in [4.69, 9.17) is 4.74 Å². The van der Waals surface area contributed by atoms with E-state index in [9.17, 15) is 4.39 Å². The second-order valence-corrected chi connectivity index (χ2v) is 5.67. The second kappa shape index (κ2) is 6.20. The predicted molar refractivity (Wildman–Crippen MR) is 79.0 cm³/mol. The molecular formula is C16H16BrFO. The molecule has 0 atom stereocenters. The average Bonchev–Trinajstić information content (AvgIpc) is 2.39. The van der Waals surface area contributed by atoms with Crippen molar-refractivity contribution < 1.29 is 9.13 Å². The van der Waals surface area contributed by atoms with Crippen molar-refractivity contribution in [3.05, 3.63) is 63.9 Å². The minimum absolute atomic E-state index is 0.227. The topological polar surface area (TPSA) is 9.23 Å². The Morgan fingerprint density at radius 3 is 2.42 bits per heavy atom. The lowest BCUT2D eigenvalue weighted by atomic mass is 10.0. The summed E-state index contributed by atoms with van der Waals surface area (Å²) in [5.74, 6) is 1.04. The van der Waals surface area contributed by atoms with Crippen molar-refractivity contribution in [1.82, 2.24) is 0 Å². The summed E-state index contributed by atoms with van der Waals surface area (Å²) in [4.78, 5) is 0. The summed E-state index contributed by atoms with van der Waals surface area (Å²) in [7, 11) is 0. The summed E-state index contributed by atoms with van der Waals surface area (Å²) in [6.07, 6.45) is 0. The monoisotopic (exact) mass is 322 g/mol. The molecule has 0 heterocycles. The fourth-order valence-electron chi connectivity index (χ4n) is 1.84. The van der Waals surface area contributed by atoms with Gasteiger partial charge in [-0.3, -0.25) is 0 Å². The lowest BCUT2D eigenvalue weighted by Crippen LogP contribution is -2.00. The van der Waals surface area contributed by atoms with Crippen LogP contribution in [0.25, 0.3) is 0 Å². The van der Waals surface area contributed by atoms with E-state index in [1.54, 1.807) is 12.1 Å². The third-order valence-electron chi connectivity index (χ3n) is 2.90. The second-order valence-electron chi connectivity index (χ2n) is 4.75. The SMILES string of the molecule is CC(C)c1cc(Br)ccc1OCc1ccc(F)cc1. The van der Waals surface area contributed by atoms with Gasteiger partial charge < -0.3 is 4.74 Å². The molecule has 2 aromatic carbocycles. The summed E-state index contributed by atoms with van der Waals surface area (Å²) >= 11 is 3.47. The van der Waals surface area contributed by atoms with E-state index >= 15 is 0 Å². The molecule has 0 bridgehead atoms. The molecule has 100 valence electrons. The van der Waals surface area contributed by atoms with Gasteiger partial charge in [-0.05, 0) is 47.4 Å². The van der Waals surface area contributed by atoms with Crippen molar-refractivity contribution in [3.8, 4) is 5.75 Å². The Hall–Kier alpha value is -1.35. The zero-order chi connectivity index (χ0) is 13.8. The predicted octanol–water partition coefficient (Wildman–Crippen LogP) is 5.29. The van der Waals surface area contributed by atoms with Crippen LogP contribution < -0.4 is 4.74 Å². The summed E-state index contributed by atoms with van der Waals surface area (Å²) in [5.41, 5.74) is 2.12. The van der Waals surface area contributed by atoms with Gasteiger partial charge >= 0.3 is 0 Å². The normalized spacial score (nSPS) is 10.8. The number of rotatable bonds is 4. The largest absolute Gasteiger partial charge is 0.489 e. The highest BCUT2D eigenvalue weighted by Crippen LogP contribution is 2.30. The molecule has 0 aliphatic rings. The van der Waals surface area contributed by atoms with E-state index in [0.717, 1.165) is 21.3 Å². The van der Waals surface area contributed by atoms with Gasteiger partial charge in [0.1, 0.15) is 18.2 Å². The Bertz CT molecular complexity index is 549. The summed E-state index contributed by atoms with van der Waals surface area (Å²) < 4.78 is 19.7. The fourth-order valence-corrected chi connectivity index (χ4v) is 2.22. The van der Waals surface area contributed by atoms with Gasteiger partial charge in [-0.25, -0.2) is 4.39 Å². The molecule has 0 N–H and O–H groups in total. The van der Waals surface area contributed by atoms with E-state index in [0.29, 0.717) is 12.5 Å². The van der Waals surface area contributed by atoms with Gasteiger partial charge in [-0.1, -0.05) is 41.9 Å². The first kappa shape index (κ1) is 14.1. The maximum absolute atomic E-state index is 12.8. The molecule has 0 fully saturated rings. The average molecular weight is 323 g/mol. The van der Waals surface area contributed by atoms with E-state index in [-0.39, 0.29) is 5.82 Å². The lowest BCUT2D eigenvalue weighted by molar-refractivity contribution is 0.301. The Kier molecular flexibility index (Phi) is 4.59. The Morgan fingerprint density at radius 1 is 1.11 bits per heavy atom. The molecule has 0 saturated heterocycles. The standard InChI is InChI=1S/C16H16BrFO/c1-11(2)15-9-13(17)5-8-16(15)19-10-12-3-6-14(18)7-4-12/h3-9,11H,10H2,1-2H3. The summed E-state index contributed by atoms with van der Waals surface area (Å²) in [5, 5.41) is 0. The molecule has 0 aliphatic heterocycles. The van der Waals surface area contributed by atoms with Crippen LogP contribution in [0.4, 0.5) is 4.39 Å². The third-order valence-corrected chi connectivity index (χ3v) is 3.39. The van der Waals surface area contributed by atoms with Crippen LogP contribution in [0, 0.1) is 5.82 Å².